The molecule has 0 spiro atoms. The van der Waals surface area contributed by atoms with Gasteiger partial charge in [-0.05, 0) is 70.0 Å². The number of nitrogens with two attached hydrogens (primary N) is 1. The van der Waals surface area contributed by atoms with Crippen molar-refractivity contribution in [3.05, 3.63) is 83.4 Å². The zero-order valence-corrected chi connectivity index (χ0v) is 27.2. The molecule has 10 heteroatoms. The highest BCUT2D eigenvalue weighted by Gasteiger charge is 2.41. The highest BCUT2D eigenvalue weighted by atomic mass is 35.5. The van der Waals surface area contributed by atoms with Crippen LogP contribution in [0.4, 0.5) is 0 Å². The average Bonchev–Trinajstić information content (AvgIpc) is 3.51. The molecule has 3 N–H and O–H groups in total. The van der Waals surface area contributed by atoms with Crippen LogP contribution in [0.25, 0.3) is 34.0 Å². The number of aromatic nitrogens is 2. The number of methoxy groups -OCH3 is 1. The first-order valence-electron chi connectivity index (χ1n) is 15.1. The number of nitrogens with zero attached hydrogens (tertiary/aromatic N) is 3. The molecule has 2 heterocycles. The van der Waals surface area contributed by atoms with Gasteiger partial charge in [-0.2, -0.15) is 4.98 Å². The molecule has 0 amide bonds. The molecule has 0 unspecified atom stereocenters. The van der Waals surface area contributed by atoms with Crippen molar-refractivity contribution < 1.29 is 23.9 Å². The third-order valence-electron chi connectivity index (χ3n) is 7.42. The third kappa shape index (κ3) is 9.94. The lowest BCUT2D eigenvalue weighted by atomic mass is 9.79. The molecule has 240 valence electrons. The van der Waals surface area contributed by atoms with Gasteiger partial charge in [0.25, 0.3) is 5.89 Å². The van der Waals surface area contributed by atoms with Crippen LogP contribution in [0, 0.1) is 5.41 Å². The van der Waals surface area contributed by atoms with Crippen molar-refractivity contribution in [3.63, 3.8) is 0 Å². The highest BCUT2D eigenvalue weighted by Crippen LogP contribution is 2.34. The largest absolute Gasteiger partial charge is 0.481 e. The molecule has 4 aromatic rings. The monoisotopic (exact) mass is 634 g/mol. The van der Waals surface area contributed by atoms with Crippen molar-refractivity contribution in [1.82, 2.24) is 15.0 Å². The van der Waals surface area contributed by atoms with Crippen molar-refractivity contribution in [2.45, 2.75) is 45.7 Å². The molecule has 0 saturated carbocycles. The zero-order chi connectivity index (χ0) is 32.5. The van der Waals surface area contributed by atoms with Crippen molar-refractivity contribution in [2.24, 2.45) is 11.1 Å². The minimum absolute atomic E-state index is 0. The summed E-state index contributed by atoms with van der Waals surface area (Å²) in [5.74, 6) is 0.118. The van der Waals surface area contributed by atoms with E-state index in [9.17, 15) is 9.90 Å². The first kappa shape index (κ1) is 34.3. The second-order valence-corrected chi connectivity index (χ2v) is 12.9. The number of aliphatic carboxylic acids is 1. The Hall–Kier alpha value is -3.60. The number of piperidine rings is 1. The van der Waals surface area contributed by atoms with Crippen LogP contribution >= 0.6 is 11.6 Å². The summed E-state index contributed by atoms with van der Waals surface area (Å²) in [6, 6.07) is 23.7. The molecule has 5 rings (SSSR count). The fourth-order valence-electron chi connectivity index (χ4n) is 4.94. The summed E-state index contributed by atoms with van der Waals surface area (Å²) in [4.78, 5) is 18.9. The third-order valence-corrected chi connectivity index (χ3v) is 7.73. The maximum Gasteiger partial charge on any atom is 0.312 e. The Morgan fingerprint density at radius 2 is 1.64 bits per heavy atom. The lowest BCUT2D eigenvalue weighted by Crippen LogP contribution is -2.46. The van der Waals surface area contributed by atoms with Gasteiger partial charge in [0, 0.05) is 40.9 Å². The number of ether oxygens (including phenoxy) is 2. The van der Waals surface area contributed by atoms with Crippen LogP contribution in [-0.2, 0) is 20.8 Å². The van der Waals surface area contributed by atoms with Gasteiger partial charge in [-0.3, -0.25) is 9.69 Å². The molecule has 9 nitrogen and oxygen atoms in total. The van der Waals surface area contributed by atoms with Gasteiger partial charge in [0.1, 0.15) is 0 Å². The number of carboxylic acid groups (broad SMARTS) is 1. The van der Waals surface area contributed by atoms with E-state index in [-0.39, 0.29) is 12.1 Å². The molecule has 0 radical (unpaired) electrons. The maximum absolute atomic E-state index is 12.0. The Labute approximate surface area is 270 Å². The summed E-state index contributed by atoms with van der Waals surface area (Å²) >= 11 is 6.57. The van der Waals surface area contributed by atoms with Crippen molar-refractivity contribution >= 4 is 17.6 Å². The summed E-state index contributed by atoms with van der Waals surface area (Å²) in [5, 5.41) is 14.6. The second-order valence-electron chi connectivity index (χ2n) is 12.5. The van der Waals surface area contributed by atoms with Crippen LogP contribution in [0.5, 0.6) is 0 Å². The Morgan fingerprint density at radius 3 is 2.24 bits per heavy atom. The van der Waals surface area contributed by atoms with Crippen LogP contribution in [0.15, 0.2) is 77.3 Å². The fourth-order valence-corrected chi connectivity index (χ4v) is 5.23. The van der Waals surface area contributed by atoms with Crippen LogP contribution in [-0.4, -0.2) is 71.7 Å². The summed E-state index contributed by atoms with van der Waals surface area (Å²) < 4.78 is 16.1. The molecule has 1 fully saturated rings. The number of hydrogen-bond acceptors (Lipinski definition) is 8. The minimum atomic E-state index is -0.837. The molecular formula is C35H43ClN4O5. The number of halogens is 1. The van der Waals surface area contributed by atoms with Gasteiger partial charge in [-0.15, -0.1) is 0 Å². The number of carboxylic acids is 1. The van der Waals surface area contributed by atoms with E-state index in [0.717, 1.165) is 34.4 Å². The van der Waals surface area contributed by atoms with Crippen molar-refractivity contribution in [2.75, 3.05) is 40.0 Å². The van der Waals surface area contributed by atoms with E-state index in [1.54, 1.807) is 7.11 Å². The van der Waals surface area contributed by atoms with Gasteiger partial charge in [0.15, 0.2) is 0 Å². The number of benzene rings is 3. The van der Waals surface area contributed by atoms with Gasteiger partial charge in [0.05, 0.1) is 25.2 Å². The molecular weight excluding hydrogens is 592 g/mol. The van der Waals surface area contributed by atoms with E-state index < -0.39 is 11.4 Å². The summed E-state index contributed by atoms with van der Waals surface area (Å²) in [7, 11) is 1.60. The van der Waals surface area contributed by atoms with Crippen LogP contribution in [0.3, 0.4) is 0 Å². The number of carbonyl (C=O) groups is 1. The lowest BCUT2D eigenvalue weighted by molar-refractivity contribution is -0.157. The van der Waals surface area contributed by atoms with E-state index in [2.05, 4.69) is 15.0 Å². The molecule has 1 aliphatic rings. The Kier molecular flexibility index (Phi) is 11.9. The van der Waals surface area contributed by atoms with Crippen LogP contribution < -0.4 is 5.73 Å². The first-order valence-corrected chi connectivity index (χ1v) is 15.4. The number of likely N-dealkylation sites (tertiary alicyclic amines) is 1. The van der Waals surface area contributed by atoms with E-state index in [1.807, 2.05) is 93.6 Å². The number of rotatable bonds is 11. The van der Waals surface area contributed by atoms with Crippen molar-refractivity contribution in [3.8, 4) is 34.0 Å². The van der Waals surface area contributed by atoms with E-state index in [1.165, 1.54) is 0 Å². The lowest BCUT2D eigenvalue weighted by Gasteiger charge is -2.38. The van der Waals surface area contributed by atoms with Crippen molar-refractivity contribution in [1.29, 1.82) is 0 Å². The first-order chi connectivity index (χ1) is 21.5. The van der Waals surface area contributed by atoms with E-state index >= 15 is 0 Å². The quantitative estimate of drug-likeness (QED) is 0.171. The van der Waals surface area contributed by atoms with Crippen LogP contribution in [0.2, 0.25) is 5.02 Å². The molecule has 0 bridgehead atoms. The van der Waals surface area contributed by atoms with Gasteiger partial charge in [0.2, 0.25) is 5.82 Å². The SMILES string of the molecule is CC(C)(C)N.COCCOCC1(C(=O)O)CCN(Cc2ccc(-c3noc(-c4ccc(-c5ccccc5)c(Cl)c4)n3)cc2)CC1. The van der Waals surface area contributed by atoms with E-state index in [4.69, 9.17) is 31.3 Å². The standard InChI is InChI=1S/C31H32ClN3O5.C4H11N/c1-38-17-18-39-21-31(30(36)37)13-15-35(16-14-31)20-22-7-9-24(10-8-22)28-33-29(40-34-28)25-11-12-26(27(32)19-25)23-5-3-2-4-6-23;1-4(2,3)5/h2-12,19H,13-18,20-21H2,1H3,(H,36,37);5H2,1-3H3. The highest BCUT2D eigenvalue weighted by molar-refractivity contribution is 6.33. The molecule has 45 heavy (non-hydrogen) atoms. The molecule has 0 aliphatic carbocycles. The normalized spacial score (nSPS) is 14.9. The topological polar surface area (TPSA) is 124 Å². The smallest absolute Gasteiger partial charge is 0.312 e. The molecule has 1 aromatic heterocycles. The Morgan fingerprint density at radius 1 is 1.00 bits per heavy atom. The molecule has 3 aromatic carbocycles. The van der Waals surface area contributed by atoms with Gasteiger partial charge < -0.3 is 24.8 Å². The van der Waals surface area contributed by atoms with Gasteiger partial charge >= 0.3 is 5.97 Å². The van der Waals surface area contributed by atoms with Gasteiger partial charge in [-0.25, -0.2) is 0 Å². The molecule has 0 atom stereocenters. The Bertz CT molecular complexity index is 1510. The van der Waals surface area contributed by atoms with Crippen LogP contribution in [0.1, 0.15) is 39.2 Å². The Balaban J connectivity index is 0.000000854. The second kappa shape index (κ2) is 15.6. The fraction of sp³-hybridized carbons (Fsp3) is 0.400. The molecule has 1 aliphatic heterocycles. The average molecular weight is 635 g/mol. The predicted molar refractivity (Wildman–Crippen MR) is 177 cm³/mol. The number of hydrogen-bond donors (Lipinski definition) is 2. The summed E-state index contributed by atoms with van der Waals surface area (Å²) in [5.41, 5.74) is 9.25. The predicted octanol–water partition coefficient (Wildman–Crippen LogP) is 6.80. The maximum atomic E-state index is 12.0. The zero-order valence-electron chi connectivity index (χ0n) is 26.5. The van der Waals surface area contributed by atoms with E-state index in [0.29, 0.717) is 55.9 Å². The van der Waals surface area contributed by atoms with Gasteiger partial charge in [-0.1, -0.05) is 77.4 Å². The molecule has 1 saturated heterocycles. The minimum Gasteiger partial charge on any atom is -0.481 e. The summed E-state index contributed by atoms with van der Waals surface area (Å²) in [6.45, 7) is 9.10. The summed E-state index contributed by atoms with van der Waals surface area (Å²) in [6.07, 6.45) is 1.10.